The van der Waals surface area contributed by atoms with Gasteiger partial charge in [-0.25, -0.2) is 9.18 Å². The first-order chi connectivity index (χ1) is 10.5. The summed E-state index contributed by atoms with van der Waals surface area (Å²) in [5, 5.41) is 9.92. The molecule has 0 fully saturated rings. The number of hydrogen-bond acceptors (Lipinski definition) is 2. The molecule has 0 aliphatic heterocycles. The van der Waals surface area contributed by atoms with Crippen molar-refractivity contribution in [2.75, 3.05) is 0 Å². The average molecular weight is 299 g/mol. The van der Waals surface area contributed by atoms with Gasteiger partial charge in [-0.05, 0) is 30.3 Å². The van der Waals surface area contributed by atoms with Gasteiger partial charge in [0.15, 0.2) is 0 Å². The van der Waals surface area contributed by atoms with E-state index in [1.54, 1.807) is 30.3 Å². The maximum Gasteiger partial charge on any atom is 0.335 e. The minimum Gasteiger partial charge on any atom is -0.489 e. The highest BCUT2D eigenvalue weighted by atomic mass is 19.1. The van der Waals surface area contributed by atoms with E-state index >= 15 is 0 Å². The molecule has 0 spiro atoms. The number of fused-ring (bicyclic) bond motifs is 1. The van der Waals surface area contributed by atoms with Crippen LogP contribution in [0.3, 0.4) is 0 Å². The lowest BCUT2D eigenvalue weighted by Crippen LogP contribution is -1.97. The highest BCUT2D eigenvalue weighted by Crippen LogP contribution is 2.24. The largest absolute Gasteiger partial charge is 0.489 e. The predicted octanol–water partition coefficient (Wildman–Crippen LogP) is 3.59. The van der Waals surface area contributed by atoms with Crippen molar-refractivity contribution in [2.24, 2.45) is 7.05 Å². The van der Waals surface area contributed by atoms with Crippen LogP contribution in [0, 0.1) is 5.82 Å². The van der Waals surface area contributed by atoms with Crippen molar-refractivity contribution in [3.8, 4) is 5.75 Å². The van der Waals surface area contributed by atoms with Crippen molar-refractivity contribution in [3.05, 3.63) is 65.6 Å². The third kappa shape index (κ3) is 2.65. The minimum absolute atomic E-state index is 0.228. The Bertz CT molecular complexity index is 854. The van der Waals surface area contributed by atoms with Crippen molar-refractivity contribution >= 4 is 16.9 Å². The molecule has 1 heterocycles. The monoisotopic (exact) mass is 299 g/mol. The van der Waals surface area contributed by atoms with Crippen LogP contribution in [-0.4, -0.2) is 15.6 Å². The molecular weight excluding hydrogens is 285 g/mol. The van der Waals surface area contributed by atoms with Crippen molar-refractivity contribution in [3.63, 3.8) is 0 Å². The predicted molar refractivity (Wildman–Crippen MR) is 80.6 cm³/mol. The van der Waals surface area contributed by atoms with Gasteiger partial charge in [-0.15, -0.1) is 0 Å². The molecule has 0 saturated carbocycles. The number of aryl methyl sites for hydroxylation is 1. The molecule has 112 valence electrons. The van der Waals surface area contributed by atoms with Crippen LogP contribution in [0.5, 0.6) is 5.75 Å². The Kier molecular flexibility index (Phi) is 3.55. The standard InChI is InChI=1S/C17H14FNO3/c1-19-9-12(10-22-14-4-2-3-13(18)8-14)15-7-11(17(20)21)5-6-16(15)19/h2-9H,10H2,1H3,(H,20,21). The molecular formula is C17H14FNO3. The molecule has 3 aromatic rings. The Balaban J connectivity index is 1.93. The fraction of sp³-hybridized carbons (Fsp3) is 0.118. The molecule has 0 aliphatic rings. The Morgan fingerprint density at radius 2 is 2.09 bits per heavy atom. The van der Waals surface area contributed by atoms with E-state index in [0.717, 1.165) is 16.5 Å². The smallest absolute Gasteiger partial charge is 0.335 e. The first-order valence-corrected chi connectivity index (χ1v) is 6.74. The Morgan fingerprint density at radius 1 is 1.27 bits per heavy atom. The van der Waals surface area contributed by atoms with Crippen LogP contribution in [0.2, 0.25) is 0 Å². The number of aromatic nitrogens is 1. The zero-order valence-corrected chi connectivity index (χ0v) is 11.9. The van der Waals surface area contributed by atoms with Crippen LogP contribution in [0.25, 0.3) is 10.9 Å². The number of nitrogens with zero attached hydrogens (tertiary/aromatic N) is 1. The number of ether oxygens (including phenoxy) is 1. The molecule has 22 heavy (non-hydrogen) atoms. The maximum atomic E-state index is 13.1. The fourth-order valence-corrected chi connectivity index (χ4v) is 2.44. The quantitative estimate of drug-likeness (QED) is 0.801. The van der Waals surface area contributed by atoms with Gasteiger partial charge in [0.1, 0.15) is 18.2 Å². The number of hydrogen-bond donors (Lipinski definition) is 1. The third-order valence-corrected chi connectivity index (χ3v) is 3.51. The lowest BCUT2D eigenvalue weighted by molar-refractivity contribution is 0.0697. The summed E-state index contributed by atoms with van der Waals surface area (Å²) < 4.78 is 20.6. The van der Waals surface area contributed by atoms with E-state index in [9.17, 15) is 9.18 Å². The summed E-state index contributed by atoms with van der Waals surface area (Å²) in [6.07, 6.45) is 1.88. The molecule has 0 radical (unpaired) electrons. The van der Waals surface area contributed by atoms with Crippen molar-refractivity contribution < 1.29 is 19.0 Å². The summed E-state index contributed by atoms with van der Waals surface area (Å²) in [6, 6.07) is 10.9. The molecule has 3 rings (SSSR count). The first-order valence-electron chi connectivity index (χ1n) is 6.74. The average Bonchev–Trinajstić information content (AvgIpc) is 2.81. The number of carboxylic acids is 1. The lowest BCUT2D eigenvalue weighted by Gasteiger charge is -2.05. The Hall–Kier alpha value is -2.82. The molecule has 5 heteroatoms. The van der Waals surface area contributed by atoms with Crippen LogP contribution >= 0.6 is 0 Å². The second-order valence-electron chi connectivity index (χ2n) is 5.05. The van der Waals surface area contributed by atoms with Gasteiger partial charge in [-0.2, -0.15) is 0 Å². The maximum absolute atomic E-state index is 13.1. The Labute approximate surface area is 126 Å². The number of halogens is 1. The lowest BCUT2D eigenvalue weighted by atomic mass is 10.1. The topological polar surface area (TPSA) is 51.5 Å². The summed E-state index contributed by atoms with van der Waals surface area (Å²) in [5.41, 5.74) is 2.00. The van der Waals surface area contributed by atoms with Gasteiger partial charge in [0.2, 0.25) is 0 Å². The first kappa shape index (κ1) is 14.1. The van der Waals surface area contributed by atoms with E-state index in [1.807, 2.05) is 17.8 Å². The van der Waals surface area contributed by atoms with Gasteiger partial charge in [-0.3, -0.25) is 0 Å². The molecule has 0 saturated heterocycles. The number of rotatable bonds is 4. The van der Waals surface area contributed by atoms with Gasteiger partial charge in [0.05, 0.1) is 5.56 Å². The fourth-order valence-electron chi connectivity index (χ4n) is 2.44. The second-order valence-corrected chi connectivity index (χ2v) is 5.05. The van der Waals surface area contributed by atoms with Gasteiger partial charge < -0.3 is 14.4 Å². The van der Waals surface area contributed by atoms with Crippen molar-refractivity contribution in [2.45, 2.75) is 6.61 Å². The van der Waals surface area contributed by atoms with E-state index in [-0.39, 0.29) is 18.0 Å². The van der Waals surface area contributed by atoms with Crippen LogP contribution in [0.1, 0.15) is 15.9 Å². The minimum atomic E-state index is -0.970. The van der Waals surface area contributed by atoms with Gasteiger partial charge in [0.25, 0.3) is 0 Å². The summed E-state index contributed by atoms with van der Waals surface area (Å²) >= 11 is 0. The van der Waals surface area contributed by atoms with Crippen molar-refractivity contribution in [1.82, 2.24) is 4.57 Å². The summed E-state index contributed by atoms with van der Waals surface area (Å²) in [5.74, 6) is -0.891. The molecule has 1 N–H and O–H groups in total. The zero-order chi connectivity index (χ0) is 15.7. The van der Waals surface area contributed by atoms with Crippen LogP contribution in [0.15, 0.2) is 48.7 Å². The molecule has 0 unspecified atom stereocenters. The Morgan fingerprint density at radius 3 is 2.82 bits per heavy atom. The molecule has 4 nitrogen and oxygen atoms in total. The van der Waals surface area contributed by atoms with Gasteiger partial charge in [0, 0.05) is 35.8 Å². The molecule has 0 bridgehead atoms. The number of aromatic carboxylic acids is 1. The zero-order valence-electron chi connectivity index (χ0n) is 11.9. The van der Waals surface area contributed by atoms with E-state index in [4.69, 9.17) is 9.84 Å². The van der Waals surface area contributed by atoms with Crippen LogP contribution < -0.4 is 4.74 Å². The highest BCUT2D eigenvalue weighted by molar-refractivity contribution is 5.94. The molecule has 0 amide bonds. The van der Waals surface area contributed by atoms with Crippen LogP contribution in [0.4, 0.5) is 4.39 Å². The van der Waals surface area contributed by atoms with Gasteiger partial charge in [-0.1, -0.05) is 6.07 Å². The summed E-state index contributed by atoms with van der Waals surface area (Å²) in [6.45, 7) is 0.240. The summed E-state index contributed by atoms with van der Waals surface area (Å²) in [4.78, 5) is 11.1. The third-order valence-electron chi connectivity index (χ3n) is 3.51. The second kappa shape index (κ2) is 5.52. The molecule has 0 aliphatic carbocycles. The SMILES string of the molecule is Cn1cc(COc2cccc(F)c2)c2cc(C(=O)O)ccc21. The van der Waals surface area contributed by atoms with E-state index in [0.29, 0.717) is 5.75 Å². The van der Waals surface area contributed by atoms with Gasteiger partial charge >= 0.3 is 5.97 Å². The molecule has 0 atom stereocenters. The van der Waals surface area contributed by atoms with Crippen molar-refractivity contribution in [1.29, 1.82) is 0 Å². The number of carbonyl (C=O) groups is 1. The van der Waals surface area contributed by atoms with E-state index < -0.39 is 5.97 Å². The molecule has 1 aromatic heterocycles. The normalized spacial score (nSPS) is 10.8. The highest BCUT2D eigenvalue weighted by Gasteiger charge is 2.11. The summed E-state index contributed by atoms with van der Waals surface area (Å²) in [7, 11) is 1.88. The van der Waals surface area contributed by atoms with E-state index in [2.05, 4.69) is 0 Å². The van der Waals surface area contributed by atoms with Crippen LogP contribution in [-0.2, 0) is 13.7 Å². The number of carboxylic acid groups (broad SMARTS) is 1. The van der Waals surface area contributed by atoms with E-state index in [1.165, 1.54) is 12.1 Å². The molecule has 2 aromatic carbocycles. The number of benzene rings is 2.